The molecule has 2 unspecified atom stereocenters. The van der Waals surface area contributed by atoms with E-state index in [1.165, 1.54) is 22.3 Å². The number of carbonyl (C=O) groups excluding carboxylic acids is 1. The van der Waals surface area contributed by atoms with Gasteiger partial charge in [0.2, 0.25) is 0 Å². The van der Waals surface area contributed by atoms with Gasteiger partial charge in [-0.15, -0.1) is 0 Å². The lowest BCUT2D eigenvalue weighted by Crippen LogP contribution is -2.35. The highest BCUT2D eigenvalue weighted by atomic mass is 16.5. The van der Waals surface area contributed by atoms with Crippen molar-refractivity contribution >= 4 is 16.9 Å². The molecule has 1 saturated heterocycles. The molecule has 2 atom stereocenters. The van der Waals surface area contributed by atoms with Crippen molar-refractivity contribution in [2.45, 2.75) is 25.5 Å². The van der Waals surface area contributed by atoms with Crippen molar-refractivity contribution in [2.24, 2.45) is 5.92 Å². The van der Waals surface area contributed by atoms with Crippen LogP contribution >= 0.6 is 0 Å². The number of nitrogens with zero attached hydrogens (tertiary/aromatic N) is 3. The van der Waals surface area contributed by atoms with Crippen LogP contribution in [0.5, 0.6) is 0 Å². The molecule has 2 aromatic heterocycles. The van der Waals surface area contributed by atoms with Crippen LogP contribution in [0.15, 0.2) is 54.9 Å². The maximum absolute atomic E-state index is 13.0. The monoisotopic (exact) mass is 522 g/mol. The number of carbonyl (C=O) groups is 1. The smallest absolute Gasteiger partial charge is 0.253 e. The zero-order chi connectivity index (χ0) is 26.5. The van der Waals surface area contributed by atoms with Crippen molar-refractivity contribution < 1.29 is 14.3 Å². The fourth-order valence-corrected chi connectivity index (χ4v) is 6.60. The summed E-state index contributed by atoms with van der Waals surface area (Å²) in [5.74, 6) is 0.930. The lowest BCUT2D eigenvalue weighted by atomic mass is 9.83. The second-order valence-corrected chi connectivity index (χ2v) is 11.4. The fraction of sp³-hybridized carbons (Fsp3) is 0.375. The first kappa shape index (κ1) is 24.5. The number of hydrogen-bond donors (Lipinski definition) is 1. The number of fused-ring (bicyclic) bond motifs is 1. The summed E-state index contributed by atoms with van der Waals surface area (Å²) in [6.45, 7) is 5.76. The van der Waals surface area contributed by atoms with Gasteiger partial charge < -0.3 is 24.3 Å². The number of hydrogen-bond acceptors (Lipinski definition) is 5. The number of likely N-dealkylation sites (N-methyl/N-ethyl adjacent to an activating group) is 1. The highest BCUT2D eigenvalue weighted by molar-refractivity contribution is 5.98. The average Bonchev–Trinajstić information content (AvgIpc) is 3.62. The molecule has 7 rings (SSSR count). The van der Waals surface area contributed by atoms with E-state index in [0.717, 1.165) is 73.6 Å². The van der Waals surface area contributed by atoms with E-state index in [1.807, 2.05) is 48.6 Å². The van der Waals surface area contributed by atoms with Crippen LogP contribution in [-0.4, -0.2) is 72.7 Å². The minimum absolute atomic E-state index is 0.0459. The SMILES string of the molecule is CN1Cc2cc(-c3cnc4[nH]cc(-c5ccc(C(=O)N(C)CC6CCOC6)cc5)c4c3)cc3c2C(COC3)C1. The number of ether oxygens (including phenoxy) is 2. The van der Waals surface area contributed by atoms with Crippen molar-refractivity contribution in [1.82, 2.24) is 19.8 Å². The number of rotatable bonds is 5. The molecule has 1 N–H and O–H groups in total. The van der Waals surface area contributed by atoms with Gasteiger partial charge in [0.15, 0.2) is 0 Å². The van der Waals surface area contributed by atoms with Gasteiger partial charge in [-0.05, 0) is 71.6 Å². The molecular formula is C32H34N4O3. The first-order valence-electron chi connectivity index (χ1n) is 13.9. The topological polar surface area (TPSA) is 70.7 Å². The molecule has 200 valence electrons. The Morgan fingerprint density at radius 2 is 1.92 bits per heavy atom. The summed E-state index contributed by atoms with van der Waals surface area (Å²) >= 11 is 0. The van der Waals surface area contributed by atoms with Gasteiger partial charge in [-0.25, -0.2) is 4.98 Å². The van der Waals surface area contributed by atoms with Gasteiger partial charge in [0, 0.05) is 79.6 Å². The average molecular weight is 523 g/mol. The van der Waals surface area contributed by atoms with Crippen LogP contribution in [-0.2, 0) is 22.6 Å². The fourth-order valence-electron chi connectivity index (χ4n) is 6.60. The third-order valence-corrected chi connectivity index (χ3v) is 8.52. The van der Waals surface area contributed by atoms with Crippen molar-refractivity contribution in [3.05, 3.63) is 77.1 Å². The second-order valence-electron chi connectivity index (χ2n) is 11.4. The summed E-state index contributed by atoms with van der Waals surface area (Å²) in [6, 6.07) is 14.8. The van der Waals surface area contributed by atoms with Crippen LogP contribution in [0.3, 0.4) is 0 Å². The van der Waals surface area contributed by atoms with E-state index in [1.54, 1.807) is 0 Å². The summed E-state index contributed by atoms with van der Waals surface area (Å²) < 4.78 is 11.4. The molecule has 2 aromatic carbocycles. The Morgan fingerprint density at radius 1 is 1.08 bits per heavy atom. The Balaban J connectivity index is 1.18. The van der Waals surface area contributed by atoms with Crippen LogP contribution in [0, 0.1) is 5.92 Å². The van der Waals surface area contributed by atoms with Gasteiger partial charge in [-0.2, -0.15) is 0 Å². The Kier molecular flexibility index (Phi) is 6.22. The van der Waals surface area contributed by atoms with E-state index in [2.05, 4.69) is 35.1 Å². The molecule has 1 fully saturated rings. The summed E-state index contributed by atoms with van der Waals surface area (Å²) in [4.78, 5) is 25.3. The van der Waals surface area contributed by atoms with E-state index < -0.39 is 0 Å². The van der Waals surface area contributed by atoms with E-state index >= 15 is 0 Å². The molecule has 0 spiro atoms. The van der Waals surface area contributed by atoms with E-state index in [-0.39, 0.29) is 5.91 Å². The zero-order valence-electron chi connectivity index (χ0n) is 22.6. The number of nitrogens with one attached hydrogen (secondary N) is 1. The molecular weight excluding hydrogens is 488 g/mol. The standard InChI is InChI=1S/C32H34N4O3/c1-35-15-25-9-23(10-26-18-39-19-27(16-35)30(25)26)24-11-28-29(13-34-31(28)33-12-24)21-3-5-22(6-4-21)32(37)36(2)14-20-7-8-38-17-20/h3-6,9-13,20,27H,7-8,14-19H2,1-2H3,(H,33,34). The molecule has 7 heteroatoms. The molecule has 4 aromatic rings. The maximum atomic E-state index is 13.0. The maximum Gasteiger partial charge on any atom is 0.253 e. The van der Waals surface area contributed by atoms with Gasteiger partial charge in [0.05, 0.1) is 19.8 Å². The van der Waals surface area contributed by atoms with Gasteiger partial charge in [0.25, 0.3) is 5.91 Å². The molecule has 3 aliphatic rings. The Morgan fingerprint density at radius 3 is 2.74 bits per heavy atom. The van der Waals surface area contributed by atoms with Crippen LogP contribution in [0.4, 0.5) is 0 Å². The molecule has 0 aliphatic carbocycles. The molecule has 39 heavy (non-hydrogen) atoms. The minimum atomic E-state index is 0.0459. The number of aromatic amines is 1. The lowest BCUT2D eigenvalue weighted by Gasteiger charge is -2.37. The number of amides is 1. The Bertz CT molecular complexity index is 1540. The first-order chi connectivity index (χ1) is 19.0. The third-order valence-electron chi connectivity index (χ3n) is 8.52. The minimum Gasteiger partial charge on any atom is -0.381 e. The summed E-state index contributed by atoms with van der Waals surface area (Å²) in [7, 11) is 4.06. The number of H-pyrrole nitrogens is 1. The van der Waals surface area contributed by atoms with Crippen molar-refractivity contribution in [2.75, 3.05) is 47.0 Å². The predicted octanol–water partition coefficient (Wildman–Crippen LogP) is 5.06. The summed E-state index contributed by atoms with van der Waals surface area (Å²) in [6.07, 6.45) is 4.98. The quantitative estimate of drug-likeness (QED) is 0.397. The first-order valence-corrected chi connectivity index (χ1v) is 13.9. The van der Waals surface area contributed by atoms with Gasteiger partial charge >= 0.3 is 0 Å². The van der Waals surface area contributed by atoms with Gasteiger partial charge in [-0.1, -0.05) is 12.1 Å². The number of benzene rings is 2. The lowest BCUT2D eigenvalue weighted by molar-refractivity contribution is 0.0742. The molecule has 7 nitrogen and oxygen atoms in total. The highest BCUT2D eigenvalue weighted by Gasteiger charge is 2.30. The molecule has 0 bridgehead atoms. The van der Waals surface area contributed by atoms with E-state index in [0.29, 0.717) is 24.0 Å². The van der Waals surface area contributed by atoms with Crippen LogP contribution < -0.4 is 0 Å². The summed E-state index contributed by atoms with van der Waals surface area (Å²) in [5.41, 5.74) is 10.2. The van der Waals surface area contributed by atoms with E-state index in [9.17, 15) is 4.79 Å². The molecule has 0 saturated carbocycles. The van der Waals surface area contributed by atoms with Crippen molar-refractivity contribution in [1.29, 1.82) is 0 Å². The Hall–Kier alpha value is -3.52. The Labute approximate surface area is 228 Å². The third kappa shape index (κ3) is 4.54. The van der Waals surface area contributed by atoms with Crippen LogP contribution in [0.25, 0.3) is 33.3 Å². The van der Waals surface area contributed by atoms with Crippen molar-refractivity contribution in [3.8, 4) is 22.3 Å². The molecule has 0 radical (unpaired) electrons. The van der Waals surface area contributed by atoms with Gasteiger partial charge in [-0.3, -0.25) is 4.79 Å². The molecule has 5 heterocycles. The largest absolute Gasteiger partial charge is 0.381 e. The zero-order valence-corrected chi connectivity index (χ0v) is 22.6. The van der Waals surface area contributed by atoms with E-state index in [4.69, 9.17) is 14.5 Å². The van der Waals surface area contributed by atoms with Crippen LogP contribution in [0.2, 0.25) is 0 Å². The molecule has 1 amide bonds. The summed E-state index contributed by atoms with van der Waals surface area (Å²) in [5, 5.41) is 1.07. The number of aromatic nitrogens is 2. The second kappa shape index (κ2) is 9.90. The molecule has 3 aliphatic heterocycles. The van der Waals surface area contributed by atoms with Crippen LogP contribution in [0.1, 0.15) is 39.4 Å². The normalized spacial score (nSPS) is 20.8. The van der Waals surface area contributed by atoms with Gasteiger partial charge in [0.1, 0.15) is 5.65 Å². The predicted molar refractivity (Wildman–Crippen MR) is 152 cm³/mol. The number of pyridine rings is 1. The van der Waals surface area contributed by atoms with Crippen molar-refractivity contribution in [3.63, 3.8) is 0 Å². The highest BCUT2D eigenvalue weighted by Crippen LogP contribution is 2.39.